The fourth-order valence-electron chi connectivity index (χ4n) is 2.61. The average molecular weight is 319 g/mol. The Hall–Kier alpha value is -3.27. The predicted molar refractivity (Wildman–Crippen MR) is 96.1 cm³/mol. The summed E-state index contributed by atoms with van der Waals surface area (Å²) in [6, 6.07) is 12.7. The summed E-state index contributed by atoms with van der Waals surface area (Å²) in [6.07, 6.45) is 9.73. The molecule has 1 heterocycles. The molecule has 0 radical (unpaired) electrons. The van der Waals surface area contributed by atoms with E-state index in [0.29, 0.717) is 5.56 Å². The second kappa shape index (κ2) is 6.46. The molecule has 0 spiro atoms. The van der Waals surface area contributed by atoms with Crippen LogP contribution in [-0.2, 0) is 0 Å². The number of carbonyl (C=O) groups is 1. The topological polar surface area (TPSA) is 60.8 Å². The summed E-state index contributed by atoms with van der Waals surface area (Å²) in [5.41, 5.74) is 3.95. The monoisotopic (exact) mass is 319 g/mol. The van der Waals surface area contributed by atoms with Gasteiger partial charge in [0.25, 0.3) is 0 Å². The molecule has 3 rings (SSSR count). The van der Waals surface area contributed by atoms with Gasteiger partial charge in [-0.15, -0.1) is 0 Å². The predicted octanol–water partition coefficient (Wildman–Crippen LogP) is 4.15. The number of nitrogens with zero attached hydrogens (tertiary/aromatic N) is 1. The highest BCUT2D eigenvalue weighted by Gasteiger charge is 2.12. The smallest absolute Gasteiger partial charge is 0.339 e. The highest BCUT2D eigenvalue weighted by atomic mass is 16.4. The number of carboxylic acids is 1. The number of rotatable bonds is 3. The van der Waals surface area contributed by atoms with E-state index in [4.69, 9.17) is 5.11 Å². The second-order valence-electron chi connectivity index (χ2n) is 5.48. The Morgan fingerprint density at radius 3 is 2.71 bits per heavy atom. The van der Waals surface area contributed by atoms with Crippen LogP contribution in [-0.4, -0.2) is 23.2 Å². The third-order valence-corrected chi connectivity index (χ3v) is 3.93. The van der Waals surface area contributed by atoms with Crippen LogP contribution < -0.4 is 4.90 Å². The maximum Gasteiger partial charge on any atom is 0.339 e. The van der Waals surface area contributed by atoms with Crippen molar-refractivity contribution >= 4 is 23.8 Å². The summed E-state index contributed by atoms with van der Waals surface area (Å²) in [6.45, 7) is 0. The first-order valence-electron chi connectivity index (χ1n) is 7.52. The molecule has 1 aliphatic heterocycles. The molecule has 120 valence electrons. The number of hydrogen-bond donors (Lipinski definition) is 2. The number of benzene rings is 2. The van der Waals surface area contributed by atoms with E-state index in [2.05, 4.69) is 23.1 Å². The number of carboxylic acid groups (broad SMARTS) is 1. The van der Waals surface area contributed by atoms with E-state index in [0.717, 1.165) is 11.4 Å². The Morgan fingerprint density at radius 1 is 1.12 bits per heavy atom. The van der Waals surface area contributed by atoms with E-state index in [1.165, 1.54) is 17.7 Å². The van der Waals surface area contributed by atoms with Gasteiger partial charge in [-0.05, 0) is 41.5 Å². The molecular weight excluding hydrogens is 302 g/mol. The van der Waals surface area contributed by atoms with Crippen molar-refractivity contribution in [3.63, 3.8) is 0 Å². The molecule has 0 atom stereocenters. The van der Waals surface area contributed by atoms with Crippen LogP contribution in [0.5, 0.6) is 5.75 Å². The van der Waals surface area contributed by atoms with E-state index in [1.807, 2.05) is 37.4 Å². The third-order valence-electron chi connectivity index (χ3n) is 3.93. The third kappa shape index (κ3) is 3.08. The van der Waals surface area contributed by atoms with E-state index in [9.17, 15) is 9.90 Å². The molecule has 0 saturated carbocycles. The van der Waals surface area contributed by atoms with Gasteiger partial charge in [-0.25, -0.2) is 4.79 Å². The summed E-state index contributed by atoms with van der Waals surface area (Å²) in [4.78, 5) is 13.1. The fraction of sp³-hybridized carbons (Fsp3) is 0.0500. The Bertz CT molecular complexity index is 878. The molecule has 0 fully saturated rings. The minimum Gasteiger partial charge on any atom is -0.507 e. The number of anilines is 1. The highest BCUT2D eigenvalue weighted by Crippen LogP contribution is 2.29. The van der Waals surface area contributed by atoms with Crippen LogP contribution in [0, 0.1) is 0 Å². The minimum atomic E-state index is -1.15. The van der Waals surface area contributed by atoms with Crippen molar-refractivity contribution < 1.29 is 15.0 Å². The maximum atomic E-state index is 11.0. The summed E-state index contributed by atoms with van der Waals surface area (Å²) in [5, 5.41) is 18.6. The number of allylic oxidation sites excluding steroid dienone is 3. The molecule has 2 aromatic rings. The van der Waals surface area contributed by atoms with E-state index < -0.39 is 5.97 Å². The first-order chi connectivity index (χ1) is 11.6. The van der Waals surface area contributed by atoms with Crippen molar-refractivity contribution in [2.24, 2.45) is 0 Å². The lowest BCUT2D eigenvalue weighted by atomic mass is 10.1. The number of aromatic carboxylic acids is 1. The summed E-state index contributed by atoms with van der Waals surface area (Å²) >= 11 is 0. The summed E-state index contributed by atoms with van der Waals surface area (Å²) in [5.74, 6) is -1.38. The molecule has 0 saturated heterocycles. The number of likely N-dealkylation sites (N-methyl/N-ethyl adjacent to an activating group) is 1. The zero-order valence-corrected chi connectivity index (χ0v) is 13.2. The van der Waals surface area contributed by atoms with E-state index in [-0.39, 0.29) is 11.3 Å². The van der Waals surface area contributed by atoms with Crippen LogP contribution in [0.25, 0.3) is 12.2 Å². The van der Waals surface area contributed by atoms with Gasteiger partial charge in [0.15, 0.2) is 0 Å². The molecule has 2 N–H and O–H groups in total. The lowest BCUT2D eigenvalue weighted by Gasteiger charge is -2.26. The van der Waals surface area contributed by atoms with Crippen LogP contribution >= 0.6 is 0 Å². The van der Waals surface area contributed by atoms with Crippen LogP contribution in [0.4, 0.5) is 5.69 Å². The molecule has 24 heavy (non-hydrogen) atoms. The van der Waals surface area contributed by atoms with Gasteiger partial charge in [0.05, 0.1) is 0 Å². The van der Waals surface area contributed by atoms with Crippen molar-refractivity contribution in [3.05, 3.63) is 83.1 Å². The van der Waals surface area contributed by atoms with Gasteiger partial charge in [0, 0.05) is 18.4 Å². The van der Waals surface area contributed by atoms with E-state index >= 15 is 0 Å². The summed E-state index contributed by atoms with van der Waals surface area (Å²) in [7, 11) is 2.01. The molecular formula is C20H17NO3. The molecule has 0 aliphatic carbocycles. The Balaban J connectivity index is 1.83. The van der Waals surface area contributed by atoms with Crippen molar-refractivity contribution in [1.29, 1.82) is 0 Å². The first kappa shape index (κ1) is 15.6. The molecule has 4 nitrogen and oxygen atoms in total. The van der Waals surface area contributed by atoms with Crippen molar-refractivity contribution in [2.75, 3.05) is 11.9 Å². The molecule has 0 aromatic heterocycles. The van der Waals surface area contributed by atoms with Gasteiger partial charge in [0.1, 0.15) is 11.3 Å². The SMILES string of the molecule is CN1/C(=C/C=C/c2ccc(O)c(C(=O)O)c2)C=Cc2ccccc21. The molecule has 4 heteroatoms. The number of aromatic hydroxyl groups is 1. The average Bonchev–Trinajstić information content (AvgIpc) is 2.58. The first-order valence-corrected chi connectivity index (χ1v) is 7.52. The van der Waals surface area contributed by atoms with Gasteiger partial charge in [-0.1, -0.05) is 42.5 Å². The molecule has 1 aliphatic rings. The van der Waals surface area contributed by atoms with Crippen molar-refractivity contribution in [1.82, 2.24) is 0 Å². The van der Waals surface area contributed by atoms with Gasteiger partial charge in [-0.3, -0.25) is 0 Å². The van der Waals surface area contributed by atoms with Crippen molar-refractivity contribution in [3.8, 4) is 5.75 Å². The van der Waals surface area contributed by atoms with Crippen LogP contribution in [0.2, 0.25) is 0 Å². The minimum absolute atomic E-state index is 0.103. The van der Waals surface area contributed by atoms with Gasteiger partial charge >= 0.3 is 5.97 Å². The van der Waals surface area contributed by atoms with Crippen LogP contribution in [0.3, 0.4) is 0 Å². The number of fused-ring (bicyclic) bond motifs is 1. The van der Waals surface area contributed by atoms with Gasteiger partial charge in [0.2, 0.25) is 0 Å². The molecule has 0 bridgehead atoms. The Kier molecular flexibility index (Phi) is 4.20. The molecule has 0 unspecified atom stereocenters. The lowest BCUT2D eigenvalue weighted by Crippen LogP contribution is -2.18. The maximum absolute atomic E-state index is 11.0. The Morgan fingerprint density at radius 2 is 1.92 bits per heavy atom. The largest absolute Gasteiger partial charge is 0.507 e. The quantitative estimate of drug-likeness (QED) is 0.892. The number of hydrogen-bond acceptors (Lipinski definition) is 3. The molecule has 0 amide bonds. The Labute approximate surface area is 140 Å². The van der Waals surface area contributed by atoms with Crippen molar-refractivity contribution in [2.45, 2.75) is 0 Å². The van der Waals surface area contributed by atoms with E-state index in [1.54, 1.807) is 12.1 Å². The fourth-order valence-corrected chi connectivity index (χ4v) is 2.61. The zero-order valence-electron chi connectivity index (χ0n) is 13.2. The van der Waals surface area contributed by atoms with Gasteiger partial charge < -0.3 is 15.1 Å². The lowest BCUT2D eigenvalue weighted by molar-refractivity contribution is 0.0693. The summed E-state index contributed by atoms with van der Waals surface area (Å²) < 4.78 is 0. The van der Waals surface area contributed by atoms with Gasteiger partial charge in [-0.2, -0.15) is 0 Å². The molecule has 2 aromatic carbocycles. The highest BCUT2D eigenvalue weighted by molar-refractivity contribution is 5.91. The van der Waals surface area contributed by atoms with Crippen LogP contribution in [0.1, 0.15) is 21.5 Å². The number of para-hydroxylation sites is 1. The second-order valence-corrected chi connectivity index (χ2v) is 5.48. The standard InChI is InChI=1S/C20H17NO3/c1-21-16(11-10-15-6-2-3-8-18(15)21)7-4-5-14-9-12-19(22)17(13-14)20(23)24/h2-13,22H,1H3,(H,23,24)/b5-4+,16-7+. The normalized spacial score (nSPS) is 15.0. The zero-order chi connectivity index (χ0) is 17.1. The van der Waals surface area contributed by atoms with Crippen LogP contribution in [0.15, 0.2) is 66.4 Å². The number of phenols is 1.